The maximum absolute atomic E-state index is 13.1. The van der Waals surface area contributed by atoms with Crippen molar-refractivity contribution in [2.24, 2.45) is 11.1 Å². The highest BCUT2D eigenvalue weighted by Crippen LogP contribution is 2.27. The summed E-state index contributed by atoms with van der Waals surface area (Å²) in [5, 5.41) is 19.1. The lowest BCUT2D eigenvalue weighted by Gasteiger charge is -2.19. The zero-order valence-electron chi connectivity index (χ0n) is 16.2. The SMILES string of the molecule is Cc1c(C(=O)NC[C@H]2CCN(c3ccc(F)cc3)C2)cc(S(N)(=O)=O)cc1[N+](=O)[O-]. The number of nitrogens with zero attached hydrogens (tertiary/aromatic N) is 2. The molecule has 0 unspecified atom stereocenters. The van der Waals surface area contributed by atoms with Crippen LogP contribution in [0.5, 0.6) is 0 Å². The molecule has 0 saturated carbocycles. The van der Waals surface area contributed by atoms with Gasteiger partial charge >= 0.3 is 0 Å². The molecule has 1 saturated heterocycles. The Morgan fingerprint density at radius 1 is 1.33 bits per heavy atom. The van der Waals surface area contributed by atoms with E-state index in [9.17, 15) is 27.7 Å². The third-order valence-corrected chi connectivity index (χ3v) is 6.05. The van der Waals surface area contributed by atoms with Crippen LogP contribution in [-0.2, 0) is 10.0 Å². The quantitative estimate of drug-likeness (QED) is 0.525. The van der Waals surface area contributed by atoms with Crippen LogP contribution >= 0.6 is 0 Å². The fourth-order valence-corrected chi connectivity index (χ4v) is 4.04. The molecule has 1 aliphatic heterocycles. The van der Waals surface area contributed by atoms with Crippen molar-refractivity contribution in [3.63, 3.8) is 0 Å². The number of nitrogens with one attached hydrogen (secondary N) is 1. The number of benzene rings is 2. The first kappa shape index (κ1) is 21.7. The maximum Gasteiger partial charge on any atom is 0.274 e. The van der Waals surface area contributed by atoms with Gasteiger partial charge < -0.3 is 10.2 Å². The number of anilines is 1. The zero-order valence-corrected chi connectivity index (χ0v) is 17.0. The van der Waals surface area contributed by atoms with Gasteiger partial charge in [0.15, 0.2) is 0 Å². The van der Waals surface area contributed by atoms with Gasteiger partial charge in [0.2, 0.25) is 10.0 Å². The summed E-state index contributed by atoms with van der Waals surface area (Å²) in [5.74, 6) is -0.801. The van der Waals surface area contributed by atoms with Crippen molar-refractivity contribution in [2.45, 2.75) is 18.2 Å². The number of sulfonamides is 1. The molecular weight excluding hydrogens is 415 g/mol. The fourth-order valence-electron chi connectivity index (χ4n) is 3.48. The molecule has 9 nitrogen and oxygen atoms in total. The smallest absolute Gasteiger partial charge is 0.274 e. The second-order valence-electron chi connectivity index (χ2n) is 7.20. The first-order chi connectivity index (χ1) is 14.1. The summed E-state index contributed by atoms with van der Waals surface area (Å²) in [6.45, 7) is 3.09. The van der Waals surface area contributed by atoms with Gasteiger partial charge in [0.25, 0.3) is 11.6 Å². The van der Waals surface area contributed by atoms with E-state index in [0.717, 1.165) is 30.8 Å². The highest BCUT2D eigenvalue weighted by Gasteiger charge is 2.26. The van der Waals surface area contributed by atoms with E-state index in [1.807, 2.05) is 0 Å². The van der Waals surface area contributed by atoms with Crippen LogP contribution in [0.2, 0.25) is 0 Å². The predicted octanol–water partition coefficient (Wildman–Crippen LogP) is 1.95. The molecule has 0 radical (unpaired) electrons. The Morgan fingerprint density at radius 2 is 2.00 bits per heavy atom. The summed E-state index contributed by atoms with van der Waals surface area (Å²) in [6, 6.07) is 8.05. The molecule has 0 bridgehead atoms. The molecule has 2 aromatic rings. The molecule has 1 atom stereocenters. The molecule has 0 aromatic heterocycles. The second-order valence-corrected chi connectivity index (χ2v) is 8.77. The molecular formula is C19H21FN4O5S. The highest BCUT2D eigenvalue weighted by molar-refractivity contribution is 7.89. The fraction of sp³-hybridized carbons (Fsp3) is 0.316. The molecule has 3 rings (SSSR count). The normalized spacial score (nSPS) is 16.5. The van der Waals surface area contributed by atoms with Crippen LogP contribution in [0.25, 0.3) is 0 Å². The second kappa shape index (κ2) is 8.36. The van der Waals surface area contributed by atoms with E-state index in [4.69, 9.17) is 5.14 Å². The van der Waals surface area contributed by atoms with Gasteiger partial charge in [0.05, 0.1) is 15.4 Å². The number of nitro groups is 1. The number of carbonyl (C=O) groups excluding carboxylic acids is 1. The zero-order chi connectivity index (χ0) is 22.1. The molecule has 0 aliphatic carbocycles. The van der Waals surface area contributed by atoms with Crippen molar-refractivity contribution in [1.29, 1.82) is 0 Å². The van der Waals surface area contributed by atoms with Crippen LogP contribution < -0.4 is 15.4 Å². The molecule has 1 amide bonds. The number of amides is 1. The Hall–Kier alpha value is -3.05. The van der Waals surface area contributed by atoms with Crippen molar-refractivity contribution < 1.29 is 22.5 Å². The number of nitro benzene ring substituents is 1. The minimum atomic E-state index is -4.22. The number of hydrogen-bond donors (Lipinski definition) is 2. The summed E-state index contributed by atoms with van der Waals surface area (Å²) in [4.78, 5) is 24.7. The monoisotopic (exact) mass is 436 g/mol. The molecule has 11 heteroatoms. The summed E-state index contributed by atoms with van der Waals surface area (Å²) >= 11 is 0. The molecule has 1 aliphatic rings. The Labute approximate surface area is 172 Å². The third kappa shape index (κ3) is 4.74. The predicted molar refractivity (Wildman–Crippen MR) is 108 cm³/mol. The molecule has 1 heterocycles. The minimum absolute atomic E-state index is 0.0595. The Kier molecular flexibility index (Phi) is 6.04. The number of rotatable bonds is 6. The number of carbonyl (C=O) groups is 1. The molecule has 1 fully saturated rings. The van der Waals surface area contributed by atoms with Crippen molar-refractivity contribution in [1.82, 2.24) is 5.32 Å². The van der Waals surface area contributed by atoms with E-state index < -0.39 is 31.4 Å². The lowest BCUT2D eigenvalue weighted by atomic mass is 10.1. The molecule has 3 N–H and O–H groups in total. The van der Waals surface area contributed by atoms with E-state index in [1.165, 1.54) is 19.1 Å². The minimum Gasteiger partial charge on any atom is -0.371 e. The molecule has 0 spiro atoms. The van der Waals surface area contributed by atoms with Crippen LogP contribution in [0, 0.1) is 28.8 Å². The topological polar surface area (TPSA) is 136 Å². The standard InChI is InChI=1S/C19H21FN4O5S/c1-12-17(8-16(30(21,28)29)9-18(12)24(26)27)19(25)22-10-13-6-7-23(11-13)15-4-2-14(20)3-5-15/h2-5,8-9,13H,6-7,10-11H2,1H3,(H,22,25)(H2,21,28,29)/t13-/m1/s1. The first-order valence-electron chi connectivity index (χ1n) is 9.17. The van der Waals surface area contributed by atoms with Crippen molar-refractivity contribution >= 4 is 27.3 Å². The van der Waals surface area contributed by atoms with Gasteiger partial charge in [-0.15, -0.1) is 0 Å². The number of nitrogens with two attached hydrogens (primary N) is 1. The summed E-state index contributed by atoms with van der Waals surface area (Å²) < 4.78 is 36.4. The van der Waals surface area contributed by atoms with Crippen LogP contribution in [0.1, 0.15) is 22.3 Å². The molecule has 30 heavy (non-hydrogen) atoms. The summed E-state index contributed by atoms with van der Waals surface area (Å²) in [7, 11) is -4.22. The Balaban J connectivity index is 1.71. The van der Waals surface area contributed by atoms with Crippen molar-refractivity contribution in [2.75, 3.05) is 24.5 Å². The van der Waals surface area contributed by atoms with Gasteiger partial charge in [-0.2, -0.15) is 0 Å². The van der Waals surface area contributed by atoms with Crippen molar-refractivity contribution in [3.05, 3.63) is 63.5 Å². The Bertz CT molecular complexity index is 1090. The Morgan fingerprint density at radius 3 is 2.60 bits per heavy atom. The van der Waals surface area contributed by atoms with E-state index in [2.05, 4.69) is 10.2 Å². The lowest BCUT2D eigenvalue weighted by Crippen LogP contribution is -2.31. The average Bonchev–Trinajstić information content (AvgIpc) is 3.14. The van der Waals surface area contributed by atoms with Crippen LogP contribution in [0.3, 0.4) is 0 Å². The van der Waals surface area contributed by atoms with Gasteiger partial charge in [-0.3, -0.25) is 14.9 Å². The summed E-state index contributed by atoms with van der Waals surface area (Å²) in [5.41, 5.74) is 0.346. The lowest BCUT2D eigenvalue weighted by molar-refractivity contribution is -0.385. The third-order valence-electron chi connectivity index (χ3n) is 5.15. The van der Waals surface area contributed by atoms with Crippen LogP contribution in [0.4, 0.5) is 15.8 Å². The number of halogens is 1. The van der Waals surface area contributed by atoms with Crippen LogP contribution in [-0.4, -0.2) is 38.9 Å². The van der Waals surface area contributed by atoms with E-state index in [1.54, 1.807) is 12.1 Å². The van der Waals surface area contributed by atoms with Gasteiger partial charge in [-0.25, -0.2) is 17.9 Å². The van der Waals surface area contributed by atoms with Crippen LogP contribution in [0.15, 0.2) is 41.3 Å². The van der Waals surface area contributed by atoms with Crippen molar-refractivity contribution in [3.8, 4) is 0 Å². The van der Waals surface area contributed by atoms with Gasteiger partial charge in [-0.1, -0.05) is 0 Å². The first-order valence-corrected chi connectivity index (χ1v) is 10.7. The average molecular weight is 436 g/mol. The highest BCUT2D eigenvalue weighted by atomic mass is 32.2. The molecule has 2 aromatic carbocycles. The summed E-state index contributed by atoms with van der Waals surface area (Å²) in [6.07, 6.45) is 0.800. The van der Waals surface area contributed by atoms with E-state index >= 15 is 0 Å². The van der Waals surface area contributed by atoms with E-state index in [0.29, 0.717) is 13.1 Å². The van der Waals surface area contributed by atoms with Gasteiger partial charge in [0, 0.05) is 37.0 Å². The largest absolute Gasteiger partial charge is 0.371 e. The van der Waals surface area contributed by atoms with Gasteiger partial charge in [0.1, 0.15) is 5.82 Å². The number of hydrogen-bond acceptors (Lipinski definition) is 6. The number of primary sulfonamides is 1. The molecule has 160 valence electrons. The maximum atomic E-state index is 13.1. The van der Waals surface area contributed by atoms with E-state index in [-0.39, 0.29) is 22.9 Å². The van der Waals surface area contributed by atoms with Gasteiger partial charge in [-0.05, 0) is 49.6 Å².